The van der Waals surface area contributed by atoms with Gasteiger partial charge in [-0.05, 0) is 48.5 Å². The van der Waals surface area contributed by atoms with Crippen LogP contribution in [0.15, 0.2) is 48.5 Å². The quantitative estimate of drug-likeness (QED) is 0.885. The van der Waals surface area contributed by atoms with Gasteiger partial charge in [-0.3, -0.25) is 14.4 Å². The molecule has 2 N–H and O–H groups in total. The zero-order valence-corrected chi connectivity index (χ0v) is 14.2. The number of halogens is 1. The summed E-state index contributed by atoms with van der Waals surface area (Å²) in [5.74, 6) is -1.46. The molecule has 1 fully saturated rings. The Kier molecular flexibility index (Phi) is 4.97. The Bertz CT molecular complexity index is 834. The van der Waals surface area contributed by atoms with E-state index in [-0.39, 0.29) is 36.5 Å². The van der Waals surface area contributed by atoms with Crippen LogP contribution in [0.4, 0.5) is 21.5 Å². The molecule has 0 saturated carbocycles. The van der Waals surface area contributed by atoms with Crippen LogP contribution in [-0.4, -0.2) is 24.3 Å². The third-order valence-corrected chi connectivity index (χ3v) is 4.11. The molecule has 7 heteroatoms. The molecule has 3 rings (SSSR count). The second-order valence-corrected chi connectivity index (χ2v) is 6.13. The molecule has 3 amide bonds. The smallest absolute Gasteiger partial charge is 0.229 e. The number of rotatable bonds is 4. The Morgan fingerprint density at radius 1 is 1.00 bits per heavy atom. The van der Waals surface area contributed by atoms with E-state index in [0.29, 0.717) is 17.1 Å². The van der Waals surface area contributed by atoms with Crippen LogP contribution in [0.25, 0.3) is 0 Å². The first-order chi connectivity index (χ1) is 12.4. The van der Waals surface area contributed by atoms with E-state index in [0.717, 1.165) is 0 Å². The molecule has 0 aromatic heterocycles. The van der Waals surface area contributed by atoms with Crippen molar-refractivity contribution in [2.75, 3.05) is 22.1 Å². The normalized spacial score (nSPS) is 16.5. The van der Waals surface area contributed by atoms with E-state index >= 15 is 0 Å². The average molecular weight is 355 g/mol. The fraction of sp³-hybridized carbons (Fsp3) is 0.211. The Hall–Kier alpha value is -3.22. The molecule has 1 aliphatic rings. The molecule has 2 aromatic carbocycles. The zero-order valence-electron chi connectivity index (χ0n) is 14.2. The molecule has 1 atom stereocenters. The van der Waals surface area contributed by atoms with E-state index in [2.05, 4.69) is 10.6 Å². The molecule has 1 saturated heterocycles. The number of nitrogens with zero attached hydrogens (tertiary/aromatic N) is 1. The van der Waals surface area contributed by atoms with Crippen molar-refractivity contribution >= 4 is 34.8 Å². The van der Waals surface area contributed by atoms with E-state index in [4.69, 9.17) is 0 Å². The Balaban J connectivity index is 1.62. The summed E-state index contributed by atoms with van der Waals surface area (Å²) in [4.78, 5) is 37.1. The first-order valence-corrected chi connectivity index (χ1v) is 8.17. The van der Waals surface area contributed by atoms with Crippen LogP contribution in [-0.2, 0) is 14.4 Å². The molecule has 0 spiro atoms. The van der Waals surface area contributed by atoms with Crippen LogP contribution in [0, 0.1) is 11.7 Å². The average Bonchev–Trinajstić information content (AvgIpc) is 2.99. The molecular formula is C19H18FN3O3. The van der Waals surface area contributed by atoms with Gasteiger partial charge in [0.2, 0.25) is 17.7 Å². The Labute approximate surface area is 150 Å². The summed E-state index contributed by atoms with van der Waals surface area (Å²) in [6, 6.07) is 12.3. The van der Waals surface area contributed by atoms with Crippen molar-refractivity contribution in [2.45, 2.75) is 13.3 Å². The molecule has 0 bridgehead atoms. The maximum atomic E-state index is 13.0. The topological polar surface area (TPSA) is 78.5 Å². The lowest BCUT2D eigenvalue weighted by molar-refractivity contribution is -0.122. The fourth-order valence-electron chi connectivity index (χ4n) is 2.84. The summed E-state index contributed by atoms with van der Waals surface area (Å²) >= 11 is 0. The van der Waals surface area contributed by atoms with Gasteiger partial charge in [-0.25, -0.2) is 4.39 Å². The number of hydrogen-bond acceptors (Lipinski definition) is 3. The van der Waals surface area contributed by atoms with Crippen LogP contribution in [0.3, 0.4) is 0 Å². The van der Waals surface area contributed by atoms with E-state index in [9.17, 15) is 18.8 Å². The number of nitrogens with one attached hydrogen (secondary N) is 2. The molecule has 6 nitrogen and oxygen atoms in total. The lowest BCUT2D eigenvalue weighted by atomic mass is 10.1. The summed E-state index contributed by atoms with van der Waals surface area (Å²) in [7, 11) is 0. The van der Waals surface area contributed by atoms with Crippen LogP contribution < -0.4 is 15.5 Å². The molecule has 1 aliphatic heterocycles. The first-order valence-electron chi connectivity index (χ1n) is 8.17. The SMILES string of the molecule is CC(=O)Nc1ccc(NC(=O)C2CC(=O)N(c3ccc(F)cc3)C2)cc1. The minimum atomic E-state index is -0.484. The van der Waals surface area contributed by atoms with Crippen molar-refractivity contribution in [3.8, 4) is 0 Å². The highest BCUT2D eigenvalue weighted by Crippen LogP contribution is 2.26. The number of anilines is 3. The highest BCUT2D eigenvalue weighted by molar-refractivity contribution is 6.03. The van der Waals surface area contributed by atoms with E-state index in [1.807, 2.05) is 0 Å². The molecule has 134 valence electrons. The number of carbonyl (C=O) groups excluding carboxylic acids is 3. The number of amides is 3. The summed E-state index contributed by atoms with van der Waals surface area (Å²) in [5, 5.41) is 5.42. The molecular weight excluding hydrogens is 337 g/mol. The van der Waals surface area contributed by atoms with Gasteiger partial charge < -0.3 is 15.5 Å². The van der Waals surface area contributed by atoms with Crippen molar-refractivity contribution in [2.24, 2.45) is 5.92 Å². The lowest BCUT2D eigenvalue weighted by Crippen LogP contribution is -2.28. The second kappa shape index (κ2) is 7.35. The van der Waals surface area contributed by atoms with Gasteiger partial charge >= 0.3 is 0 Å². The van der Waals surface area contributed by atoms with E-state index < -0.39 is 5.92 Å². The van der Waals surface area contributed by atoms with E-state index in [1.165, 1.54) is 36.1 Å². The molecule has 0 aliphatic carbocycles. The van der Waals surface area contributed by atoms with Crippen LogP contribution in [0.1, 0.15) is 13.3 Å². The van der Waals surface area contributed by atoms with Crippen molar-refractivity contribution in [3.05, 3.63) is 54.3 Å². The highest BCUT2D eigenvalue weighted by atomic mass is 19.1. The number of hydrogen-bond donors (Lipinski definition) is 2. The summed E-state index contributed by atoms with van der Waals surface area (Å²) in [5.41, 5.74) is 1.79. The standard InChI is InChI=1S/C19H18FN3O3/c1-12(24)21-15-4-6-16(7-5-15)22-19(26)13-10-18(25)23(11-13)17-8-2-14(20)3-9-17/h2-9,13H,10-11H2,1H3,(H,21,24)(H,22,26). The number of benzene rings is 2. The third-order valence-electron chi connectivity index (χ3n) is 4.11. The minimum Gasteiger partial charge on any atom is -0.326 e. The van der Waals surface area contributed by atoms with Crippen molar-refractivity contribution in [3.63, 3.8) is 0 Å². The summed E-state index contributed by atoms with van der Waals surface area (Å²) < 4.78 is 13.0. The van der Waals surface area contributed by atoms with Crippen molar-refractivity contribution in [1.29, 1.82) is 0 Å². The fourth-order valence-corrected chi connectivity index (χ4v) is 2.84. The first kappa shape index (κ1) is 17.6. The molecule has 1 heterocycles. The molecule has 26 heavy (non-hydrogen) atoms. The maximum Gasteiger partial charge on any atom is 0.229 e. The highest BCUT2D eigenvalue weighted by Gasteiger charge is 2.35. The van der Waals surface area contributed by atoms with Gasteiger partial charge in [0.1, 0.15) is 5.82 Å². The van der Waals surface area contributed by atoms with E-state index in [1.54, 1.807) is 24.3 Å². The third kappa shape index (κ3) is 4.05. The summed E-state index contributed by atoms with van der Waals surface area (Å²) in [6.07, 6.45) is 0.104. The van der Waals surface area contributed by atoms with Gasteiger partial charge in [-0.15, -0.1) is 0 Å². The van der Waals surface area contributed by atoms with Gasteiger partial charge in [-0.2, -0.15) is 0 Å². The van der Waals surface area contributed by atoms with Gasteiger partial charge in [-0.1, -0.05) is 0 Å². The van der Waals surface area contributed by atoms with Gasteiger partial charge in [0.05, 0.1) is 5.92 Å². The van der Waals surface area contributed by atoms with Crippen LogP contribution >= 0.6 is 0 Å². The predicted molar refractivity (Wildman–Crippen MR) is 96.2 cm³/mol. The van der Waals surface area contributed by atoms with Crippen molar-refractivity contribution in [1.82, 2.24) is 0 Å². The number of carbonyl (C=O) groups is 3. The predicted octanol–water partition coefficient (Wildman–Crippen LogP) is 2.78. The molecule has 0 radical (unpaired) electrons. The molecule has 2 aromatic rings. The van der Waals surface area contributed by atoms with Crippen LogP contribution in [0.2, 0.25) is 0 Å². The van der Waals surface area contributed by atoms with Gasteiger partial charge in [0, 0.05) is 37.0 Å². The monoisotopic (exact) mass is 355 g/mol. The molecule has 1 unspecified atom stereocenters. The minimum absolute atomic E-state index is 0.104. The summed E-state index contributed by atoms with van der Waals surface area (Å²) in [6.45, 7) is 1.67. The lowest BCUT2D eigenvalue weighted by Gasteiger charge is -2.16. The van der Waals surface area contributed by atoms with Gasteiger partial charge in [0.15, 0.2) is 0 Å². The zero-order chi connectivity index (χ0) is 18.7. The second-order valence-electron chi connectivity index (χ2n) is 6.13. The van der Waals surface area contributed by atoms with Crippen LogP contribution in [0.5, 0.6) is 0 Å². The van der Waals surface area contributed by atoms with Crippen molar-refractivity contribution < 1.29 is 18.8 Å². The maximum absolute atomic E-state index is 13.0. The Morgan fingerprint density at radius 2 is 1.58 bits per heavy atom. The van der Waals surface area contributed by atoms with Gasteiger partial charge in [0.25, 0.3) is 0 Å². The largest absolute Gasteiger partial charge is 0.326 e. The Morgan fingerprint density at radius 3 is 2.15 bits per heavy atom.